The average molecular weight is 220 g/mol. The molecule has 0 saturated carbocycles. The first kappa shape index (κ1) is 11.2. The zero-order valence-corrected chi connectivity index (χ0v) is 9.48. The molecule has 0 radical (unpaired) electrons. The lowest BCUT2D eigenvalue weighted by atomic mass is 10.1. The molecule has 4 heteroatoms. The number of hydrogen-bond donors (Lipinski definition) is 0. The lowest BCUT2D eigenvalue weighted by molar-refractivity contribution is 0.0336. The minimum Gasteiger partial charge on any atom is -0.379 e. The SMILES string of the molecule is CC(=O)c1ccnc(CN2CCOCC2)c1. The number of pyridine rings is 1. The van der Waals surface area contributed by atoms with Crippen LogP contribution in [0.25, 0.3) is 0 Å². The summed E-state index contributed by atoms with van der Waals surface area (Å²) in [5.41, 5.74) is 1.69. The molecule has 0 aliphatic carbocycles. The zero-order chi connectivity index (χ0) is 11.4. The molecule has 2 rings (SSSR count). The third-order valence-electron chi connectivity index (χ3n) is 2.71. The van der Waals surface area contributed by atoms with E-state index in [0.717, 1.165) is 44.1 Å². The Morgan fingerprint density at radius 2 is 2.25 bits per heavy atom. The molecule has 0 bridgehead atoms. The first-order chi connectivity index (χ1) is 7.75. The minimum absolute atomic E-state index is 0.0885. The molecule has 0 aromatic carbocycles. The van der Waals surface area contributed by atoms with Crippen molar-refractivity contribution < 1.29 is 9.53 Å². The van der Waals surface area contributed by atoms with Crippen molar-refractivity contribution >= 4 is 5.78 Å². The van der Waals surface area contributed by atoms with Gasteiger partial charge in [0.05, 0.1) is 18.9 Å². The highest BCUT2D eigenvalue weighted by Crippen LogP contribution is 2.07. The smallest absolute Gasteiger partial charge is 0.159 e. The van der Waals surface area contributed by atoms with Crippen molar-refractivity contribution in [1.29, 1.82) is 0 Å². The van der Waals surface area contributed by atoms with E-state index >= 15 is 0 Å². The number of nitrogens with zero attached hydrogens (tertiary/aromatic N) is 2. The van der Waals surface area contributed by atoms with Crippen molar-refractivity contribution in [3.05, 3.63) is 29.6 Å². The first-order valence-corrected chi connectivity index (χ1v) is 5.51. The van der Waals surface area contributed by atoms with Crippen molar-refractivity contribution in [3.8, 4) is 0 Å². The van der Waals surface area contributed by atoms with Crippen molar-refractivity contribution in [2.45, 2.75) is 13.5 Å². The molecular weight excluding hydrogens is 204 g/mol. The molecule has 0 N–H and O–H groups in total. The van der Waals surface area contributed by atoms with Gasteiger partial charge in [-0.2, -0.15) is 0 Å². The van der Waals surface area contributed by atoms with Crippen LogP contribution >= 0.6 is 0 Å². The molecule has 0 unspecified atom stereocenters. The van der Waals surface area contributed by atoms with Crippen LogP contribution in [0.4, 0.5) is 0 Å². The third kappa shape index (κ3) is 2.87. The van der Waals surface area contributed by atoms with Crippen LogP contribution in [0.2, 0.25) is 0 Å². The van der Waals surface area contributed by atoms with Crippen LogP contribution in [0.5, 0.6) is 0 Å². The van der Waals surface area contributed by atoms with E-state index in [4.69, 9.17) is 4.74 Å². The van der Waals surface area contributed by atoms with E-state index in [-0.39, 0.29) is 5.78 Å². The van der Waals surface area contributed by atoms with Gasteiger partial charge >= 0.3 is 0 Å². The minimum atomic E-state index is 0.0885. The number of rotatable bonds is 3. The van der Waals surface area contributed by atoms with E-state index < -0.39 is 0 Å². The van der Waals surface area contributed by atoms with Crippen molar-refractivity contribution in [1.82, 2.24) is 9.88 Å². The van der Waals surface area contributed by atoms with Gasteiger partial charge in [-0.3, -0.25) is 14.7 Å². The van der Waals surface area contributed by atoms with E-state index in [1.165, 1.54) is 0 Å². The van der Waals surface area contributed by atoms with Gasteiger partial charge in [-0.1, -0.05) is 0 Å². The average Bonchev–Trinajstić information content (AvgIpc) is 2.30. The van der Waals surface area contributed by atoms with Crippen LogP contribution in [-0.4, -0.2) is 42.0 Å². The van der Waals surface area contributed by atoms with Crippen LogP contribution in [0, 0.1) is 0 Å². The van der Waals surface area contributed by atoms with Gasteiger partial charge in [0.2, 0.25) is 0 Å². The van der Waals surface area contributed by atoms with Gasteiger partial charge in [-0.05, 0) is 19.1 Å². The normalized spacial score (nSPS) is 17.3. The summed E-state index contributed by atoms with van der Waals surface area (Å²) >= 11 is 0. The Balaban J connectivity index is 2.02. The Bertz CT molecular complexity index is 373. The second-order valence-corrected chi connectivity index (χ2v) is 3.98. The van der Waals surface area contributed by atoms with Gasteiger partial charge in [0.15, 0.2) is 5.78 Å². The maximum absolute atomic E-state index is 11.2. The summed E-state index contributed by atoms with van der Waals surface area (Å²) in [6.07, 6.45) is 1.70. The second-order valence-electron chi connectivity index (χ2n) is 3.98. The fourth-order valence-electron chi connectivity index (χ4n) is 1.77. The van der Waals surface area contributed by atoms with E-state index in [0.29, 0.717) is 0 Å². The van der Waals surface area contributed by atoms with E-state index in [9.17, 15) is 4.79 Å². The predicted molar refractivity (Wildman–Crippen MR) is 60.3 cm³/mol. The van der Waals surface area contributed by atoms with Gasteiger partial charge in [-0.25, -0.2) is 0 Å². The largest absolute Gasteiger partial charge is 0.379 e. The number of ether oxygens (including phenoxy) is 1. The molecule has 4 nitrogen and oxygen atoms in total. The summed E-state index contributed by atoms with van der Waals surface area (Å²) in [5.74, 6) is 0.0885. The first-order valence-electron chi connectivity index (χ1n) is 5.51. The molecule has 1 aromatic rings. The van der Waals surface area contributed by atoms with Gasteiger partial charge in [-0.15, -0.1) is 0 Å². The molecule has 0 amide bonds. The van der Waals surface area contributed by atoms with Crippen LogP contribution < -0.4 is 0 Å². The predicted octanol–water partition coefficient (Wildman–Crippen LogP) is 1.12. The van der Waals surface area contributed by atoms with Crippen molar-refractivity contribution in [2.24, 2.45) is 0 Å². The molecule has 2 heterocycles. The number of ketones is 1. The van der Waals surface area contributed by atoms with E-state index in [2.05, 4.69) is 9.88 Å². The fraction of sp³-hybridized carbons (Fsp3) is 0.500. The summed E-state index contributed by atoms with van der Waals surface area (Å²) in [6, 6.07) is 3.63. The Labute approximate surface area is 95.2 Å². The topological polar surface area (TPSA) is 42.4 Å². The number of aromatic nitrogens is 1. The lowest BCUT2D eigenvalue weighted by Gasteiger charge is -2.26. The Kier molecular flexibility index (Phi) is 3.64. The zero-order valence-electron chi connectivity index (χ0n) is 9.48. The maximum atomic E-state index is 11.2. The van der Waals surface area contributed by atoms with E-state index in [1.807, 2.05) is 6.07 Å². The Hall–Kier alpha value is -1.26. The van der Waals surface area contributed by atoms with Crippen LogP contribution in [0.1, 0.15) is 23.0 Å². The van der Waals surface area contributed by atoms with Gasteiger partial charge in [0.1, 0.15) is 0 Å². The highest BCUT2D eigenvalue weighted by molar-refractivity contribution is 5.93. The Morgan fingerprint density at radius 3 is 2.94 bits per heavy atom. The quantitative estimate of drug-likeness (QED) is 0.716. The number of hydrogen-bond acceptors (Lipinski definition) is 4. The van der Waals surface area contributed by atoms with Crippen LogP contribution in [0.3, 0.4) is 0 Å². The lowest BCUT2D eigenvalue weighted by Crippen LogP contribution is -2.35. The second kappa shape index (κ2) is 5.18. The highest BCUT2D eigenvalue weighted by atomic mass is 16.5. The van der Waals surface area contributed by atoms with Gasteiger partial charge in [0, 0.05) is 31.4 Å². The van der Waals surface area contributed by atoms with Crippen LogP contribution in [-0.2, 0) is 11.3 Å². The van der Waals surface area contributed by atoms with Crippen LogP contribution in [0.15, 0.2) is 18.3 Å². The summed E-state index contributed by atoms with van der Waals surface area (Å²) < 4.78 is 5.28. The van der Waals surface area contributed by atoms with Gasteiger partial charge < -0.3 is 4.74 Å². The summed E-state index contributed by atoms with van der Waals surface area (Å²) in [4.78, 5) is 17.8. The number of morpholine rings is 1. The third-order valence-corrected chi connectivity index (χ3v) is 2.71. The standard InChI is InChI=1S/C12H16N2O2/c1-10(15)11-2-3-13-12(8-11)9-14-4-6-16-7-5-14/h2-3,8H,4-7,9H2,1H3. The molecule has 0 spiro atoms. The molecule has 0 atom stereocenters. The molecule has 1 aliphatic rings. The molecule has 86 valence electrons. The van der Waals surface area contributed by atoms with Crippen molar-refractivity contribution in [3.63, 3.8) is 0 Å². The van der Waals surface area contributed by atoms with Gasteiger partial charge in [0.25, 0.3) is 0 Å². The van der Waals surface area contributed by atoms with E-state index in [1.54, 1.807) is 19.2 Å². The molecule has 1 saturated heterocycles. The number of Topliss-reactive ketones (excluding diaryl/α,β-unsaturated/α-hetero) is 1. The number of carbonyl (C=O) groups excluding carboxylic acids is 1. The molecular formula is C12H16N2O2. The Morgan fingerprint density at radius 1 is 1.50 bits per heavy atom. The summed E-state index contributed by atoms with van der Waals surface area (Å²) in [7, 11) is 0. The summed E-state index contributed by atoms with van der Waals surface area (Å²) in [6.45, 7) is 5.81. The monoisotopic (exact) mass is 220 g/mol. The molecule has 1 aromatic heterocycles. The number of carbonyl (C=O) groups is 1. The molecule has 1 fully saturated rings. The van der Waals surface area contributed by atoms with Crippen molar-refractivity contribution in [2.75, 3.05) is 26.3 Å². The molecule has 1 aliphatic heterocycles. The molecule has 16 heavy (non-hydrogen) atoms. The maximum Gasteiger partial charge on any atom is 0.159 e. The summed E-state index contributed by atoms with van der Waals surface area (Å²) in [5, 5.41) is 0. The highest BCUT2D eigenvalue weighted by Gasteiger charge is 2.11. The fourth-order valence-corrected chi connectivity index (χ4v) is 1.77.